The van der Waals surface area contributed by atoms with Crippen LogP contribution in [0.15, 0.2) is 53.6 Å². The van der Waals surface area contributed by atoms with E-state index in [9.17, 15) is 0 Å². The quantitative estimate of drug-likeness (QED) is 0.490. The highest BCUT2D eigenvalue weighted by molar-refractivity contribution is 7.71. The van der Waals surface area contributed by atoms with Crippen molar-refractivity contribution in [2.45, 2.75) is 19.3 Å². The third-order valence-electron chi connectivity index (χ3n) is 4.67. The Morgan fingerprint density at radius 2 is 1.85 bits per heavy atom. The molecule has 138 valence electrons. The summed E-state index contributed by atoms with van der Waals surface area (Å²) in [4.78, 5) is 2.44. The zero-order valence-corrected chi connectivity index (χ0v) is 16.4. The van der Waals surface area contributed by atoms with Crippen molar-refractivity contribution in [2.24, 2.45) is 5.10 Å². The molecular weight excluding hydrogens is 378 g/mol. The van der Waals surface area contributed by atoms with E-state index in [-0.39, 0.29) is 0 Å². The van der Waals surface area contributed by atoms with Crippen LogP contribution in [0, 0.1) is 4.77 Å². The number of nitrogens with one attached hydrogen (secondary N) is 1. The van der Waals surface area contributed by atoms with E-state index in [1.54, 1.807) is 10.9 Å². The van der Waals surface area contributed by atoms with Crippen LogP contribution in [0.25, 0.3) is 11.4 Å². The second-order valence-corrected chi connectivity index (χ2v) is 7.38. The van der Waals surface area contributed by atoms with Gasteiger partial charge < -0.3 is 4.90 Å². The summed E-state index contributed by atoms with van der Waals surface area (Å²) >= 11 is 11.4. The van der Waals surface area contributed by atoms with Crippen LogP contribution in [0.5, 0.6) is 0 Å². The largest absolute Gasteiger partial charge is 0.372 e. The molecule has 3 aromatic rings. The van der Waals surface area contributed by atoms with Crippen molar-refractivity contribution >= 4 is 35.7 Å². The van der Waals surface area contributed by atoms with Gasteiger partial charge in [-0.1, -0.05) is 35.9 Å². The van der Waals surface area contributed by atoms with Gasteiger partial charge in [-0.05, 0) is 61.3 Å². The summed E-state index contributed by atoms with van der Waals surface area (Å²) < 4.78 is 2.05. The minimum atomic E-state index is 0.436. The first-order chi connectivity index (χ1) is 13.2. The Morgan fingerprint density at radius 3 is 2.59 bits per heavy atom. The van der Waals surface area contributed by atoms with E-state index in [4.69, 9.17) is 23.8 Å². The normalized spacial score (nSPS) is 14.8. The fourth-order valence-electron chi connectivity index (χ4n) is 3.26. The van der Waals surface area contributed by atoms with Crippen LogP contribution in [0.1, 0.15) is 24.8 Å². The Labute approximate surface area is 168 Å². The average Bonchev–Trinajstić information content (AvgIpc) is 3.08. The summed E-state index contributed by atoms with van der Waals surface area (Å²) in [7, 11) is 0. The highest BCUT2D eigenvalue weighted by Crippen LogP contribution is 2.22. The van der Waals surface area contributed by atoms with Gasteiger partial charge in [0.15, 0.2) is 5.82 Å². The van der Waals surface area contributed by atoms with Gasteiger partial charge in [-0.15, -0.1) is 0 Å². The van der Waals surface area contributed by atoms with Gasteiger partial charge in [-0.25, -0.2) is 5.10 Å². The number of aromatic amines is 1. The number of piperidine rings is 1. The molecule has 1 aromatic heterocycles. The van der Waals surface area contributed by atoms with Gasteiger partial charge in [-0.3, -0.25) is 0 Å². The van der Waals surface area contributed by atoms with Gasteiger partial charge in [-0.2, -0.15) is 14.9 Å². The number of nitrogens with zero attached hydrogens (tertiary/aromatic N) is 4. The average molecular weight is 398 g/mol. The number of aromatic nitrogens is 3. The lowest BCUT2D eigenvalue weighted by Gasteiger charge is -2.28. The Bertz CT molecular complexity index is 1000. The molecule has 0 saturated carbocycles. The summed E-state index contributed by atoms with van der Waals surface area (Å²) in [6.45, 7) is 2.28. The van der Waals surface area contributed by atoms with Crippen molar-refractivity contribution in [1.82, 2.24) is 14.9 Å². The molecule has 1 saturated heterocycles. The molecule has 0 unspecified atom stereocenters. The fraction of sp³-hybridized carbons (Fsp3) is 0.250. The smallest absolute Gasteiger partial charge is 0.216 e. The zero-order chi connectivity index (χ0) is 18.6. The summed E-state index contributed by atoms with van der Waals surface area (Å²) in [6, 6.07) is 15.9. The van der Waals surface area contributed by atoms with E-state index in [2.05, 4.69) is 44.5 Å². The molecule has 1 aliphatic heterocycles. The van der Waals surface area contributed by atoms with Crippen LogP contribution in [0.4, 0.5) is 5.69 Å². The van der Waals surface area contributed by atoms with Crippen molar-refractivity contribution in [3.05, 3.63) is 63.9 Å². The molecular formula is C20H20ClN5S. The van der Waals surface area contributed by atoms with Gasteiger partial charge >= 0.3 is 0 Å². The second-order valence-electron chi connectivity index (χ2n) is 6.56. The Balaban J connectivity index is 1.56. The standard InChI is InChI=1S/C20H20ClN5S/c21-17-6-4-5-16(13-17)19-23-24-20(27)26(19)22-14-15-7-9-18(10-8-15)25-11-2-1-3-12-25/h4-10,13-14H,1-3,11-12H2,(H,24,27)/b22-14-. The number of hydrogen-bond acceptors (Lipinski definition) is 4. The second kappa shape index (κ2) is 8.06. The van der Waals surface area contributed by atoms with E-state index in [0.717, 1.165) is 24.2 Å². The number of hydrogen-bond donors (Lipinski definition) is 1. The maximum Gasteiger partial charge on any atom is 0.216 e. The lowest BCUT2D eigenvalue weighted by atomic mass is 10.1. The molecule has 0 bridgehead atoms. The van der Waals surface area contributed by atoms with Crippen LogP contribution in [-0.2, 0) is 0 Å². The zero-order valence-electron chi connectivity index (χ0n) is 14.8. The molecule has 1 fully saturated rings. The maximum atomic E-state index is 6.09. The molecule has 2 aromatic carbocycles. The van der Waals surface area contributed by atoms with Crippen molar-refractivity contribution in [3.8, 4) is 11.4 Å². The van der Waals surface area contributed by atoms with E-state index in [1.165, 1.54) is 24.9 Å². The van der Waals surface area contributed by atoms with Crippen molar-refractivity contribution in [3.63, 3.8) is 0 Å². The molecule has 0 amide bonds. The Hall–Kier alpha value is -2.44. The minimum absolute atomic E-state index is 0.436. The van der Waals surface area contributed by atoms with E-state index >= 15 is 0 Å². The van der Waals surface area contributed by atoms with E-state index in [0.29, 0.717) is 15.6 Å². The van der Waals surface area contributed by atoms with Crippen molar-refractivity contribution in [1.29, 1.82) is 0 Å². The first kappa shape index (κ1) is 17.9. The molecule has 27 heavy (non-hydrogen) atoms. The Morgan fingerprint density at radius 1 is 1.07 bits per heavy atom. The molecule has 1 N–H and O–H groups in total. The van der Waals surface area contributed by atoms with Gasteiger partial charge in [0, 0.05) is 29.4 Å². The number of H-pyrrole nitrogens is 1. The summed E-state index contributed by atoms with van der Waals surface area (Å²) in [6.07, 6.45) is 5.67. The predicted octanol–water partition coefficient (Wildman–Crippen LogP) is 5.13. The predicted molar refractivity (Wildman–Crippen MR) is 113 cm³/mol. The molecule has 2 heterocycles. The Kier molecular flexibility index (Phi) is 5.36. The number of halogens is 1. The molecule has 0 spiro atoms. The summed E-state index contributed by atoms with van der Waals surface area (Å²) in [5.74, 6) is 0.628. The topological polar surface area (TPSA) is 49.2 Å². The van der Waals surface area contributed by atoms with Crippen LogP contribution in [-0.4, -0.2) is 34.2 Å². The maximum absolute atomic E-state index is 6.09. The molecule has 5 nitrogen and oxygen atoms in total. The van der Waals surface area contributed by atoms with Crippen LogP contribution in [0.2, 0.25) is 5.02 Å². The van der Waals surface area contributed by atoms with Crippen molar-refractivity contribution < 1.29 is 0 Å². The van der Waals surface area contributed by atoms with Gasteiger partial charge in [0.25, 0.3) is 0 Å². The highest BCUT2D eigenvalue weighted by Gasteiger charge is 2.11. The van der Waals surface area contributed by atoms with Gasteiger partial charge in [0.2, 0.25) is 4.77 Å². The molecule has 4 rings (SSSR count). The van der Waals surface area contributed by atoms with Crippen LogP contribution >= 0.6 is 23.8 Å². The van der Waals surface area contributed by atoms with E-state index < -0.39 is 0 Å². The monoisotopic (exact) mass is 397 g/mol. The van der Waals surface area contributed by atoms with E-state index in [1.807, 2.05) is 24.3 Å². The first-order valence-electron chi connectivity index (χ1n) is 9.03. The van der Waals surface area contributed by atoms with Crippen molar-refractivity contribution in [2.75, 3.05) is 18.0 Å². The van der Waals surface area contributed by atoms with Crippen LogP contribution in [0.3, 0.4) is 0 Å². The molecule has 0 aliphatic carbocycles. The lowest BCUT2D eigenvalue weighted by Crippen LogP contribution is -2.29. The number of benzene rings is 2. The fourth-order valence-corrected chi connectivity index (χ4v) is 3.63. The van der Waals surface area contributed by atoms with Crippen LogP contribution < -0.4 is 4.90 Å². The highest BCUT2D eigenvalue weighted by atomic mass is 35.5. The SMILES string of the molecule is S=c1[nH]nc(-c2cccc(Cl)c2)n1/N=C\c1ccc(N2CCCCC2)cc1. The number of rotatable bonds is 4. The minimum Gasteiger partial charge on any atom is -0.372 e. The summed E-state index contributed by atoms with van der Waals surface area (Å²) in [5, 5.41) is 12.2. The third-order valence-corrected chi connectivity index (χ3v) is 5.17. The lowest BCUT2D eigenvalue weighted by molar-refractivity contribution is 0.578. The summed E-state index contributed by atoms with van der Waals surface area (Å²) in [5.41, 5.74) is 3.13. The van der Waals surface area contributed by atoms with Gasteiger partial charge in [0.1, 0.15) is 0 Å². The molecule has 0 radical (unpaired) electrons. The molecule has 0 atom stereocenters. The number of anilines is 1. The molecule has 1 aliphatic rings. The first-order valence-corrected chi connectivity index (χ1v) is 9.82. The molecule has 7 heteroatoms. The van der Waals surface area contributed by atoms with Gasteiger partial charge in [0.05, 0.1) is 6.21 Å². The third kappa shape index (κ3) is 4.12.